The molecule has 0 N–H and O–H groups in total. The fourth-order valence-electron chi connectivity index (χ4n) is 7.36. The van der Waals surface area contributed by atoms with Gasteiger partial charge in [0.15, 0.2) is 0 Å². The summed E-state index contributed by atoms with van der Waals surface area (Å²) in [7, 11) is 0. The van der Waals surface area contributed by atoms with E-state index in [4.69, 9.17) is 0 Å². The van der Waals surface area contributed by atoms with Crippen LogP contribution in [0, 0.1) is 10.1 Å². The topological polar surface area (TPSA) is 46.4 Å². The van der Waals surface area contributed by atoms with Gasteiger partial charge in [-0.1, -0.05) is 154 Å². The Morgan fingerprint density at radius 1 is 0.780 bits per heavy atom. The predicted molar refractivity (Wildman–Crippen MR) is 175 cm³/mol. The molecule has 0 amide bonds. The Bertz CT molecular complexity index is 1150. The summed E-state index contributed by atoms with van der Waals surface area (Å²) in [6, 6.07) is 14.3. The van der Waals surface area contributed by atoms with E-state index in [-0.39, 0.29) is 21.6 Å². The molecule has 0 aromatic heterocycles. The molecule has 1 atom stereocenters. The summed E-state index contributed by atoms with van der Waals surface area (Å²) in [5.74, 6) is 0. The van der Waals surface area contributed by atoms with Crippen molar-refractivity contribution in [3.05, 3.63) is 75.3 Å². The highest BCUT2D eigenvalue weighted by Gasteiger charge is 2.55. The zero-order valence-corrected chi connectivity index (χ0v) is 26.1. The fourth-order valence-corrected chi connectivity index (χ4v) is 7.36. The van der Waals surface area contributed by atoms with Crippen molar-refractivity contribution in [3.63, 3.8) is 0 Å². The second-order valence-electron chi connectivity index (χ2n) is 13.2. The zero-order chi connectivity index (χ0) is 29.1. The molecule has 0 saturated carbocycles. The quantitative estimate of drug-likeness (QED) is 0.104. The SMILES string of the molecule is CCCCCCCCCCCCCCCCCCN1c2ccccc2C(C)(C)C12C=Cc1cc([N+](=O)[O-])ccc1C2. The summed E-state index contributed by atoms with van der Waals surface area (Å²) >= 11 is 0. The van der Waals surface area contributed by atoms with Crippen LogP contribution < -0.4 is 4.90 Å². The molecule has 4 nitrogen and oxygen atoms in total. The monoisotopic (exact) mass is 558 g/mol. The summed E-state index contributed by atoms with van der Waals surface area (Å²) in [6.07, 6.45) is 27.5. The molecule has 2 aliphatic rings. The molecule has 0 saturated heterocycles. The molecule has 2 aromatic rings. The van der Waals surface area contributed by atoms with E-state index in [1.54, 1.807) is 12.1 Å². The van der Waals surface area contributed by atoms with E-state index in [1.807, 2.05) is 6.07 Å². The molecule has 0 radical (unpaired) electrons. The molecular weight excluding hydrogens is 504 g/mol. The van der Waals surface area contributed by atoms with E-state index >= 15 is 0 Å². The van der Waals surface area contributed by atoms with Crippen molar-refractivity contribution in [3.8, 4) is 0 Å². The van der Waals surface area contributed by atoms with Gasteiger partial charge in [0.1, 0.15) is 0 Å². The van der Waals surface area contributed by atoms with Crippen LogP contribution in [0.3, 0.4) is 0 Å². The van der Waals surface area contributed by atoms with Gasteiger partial charge in [-0.3, -0.25) is 10.1 Å². The number of hydrogen-bond donors (Lipinski definition) is 0. The van der Waals surface area contributed by atoms with Crippen LogP contribution in [0.4, 0.5) is 11.4 Å². The summed E-state index contributed by atoms with van der Waals surface area (Å²) in [4.78, 5) is 13.7. The molecule has 1 aliphatic carbocycles. The van der Waals surface area contributed by atoms with Gasteiger partial charge in [0, 0.05) is 36.2 Å². The second-order valence-corrected chi connectivity index (χ2v) is 13.2. The van der Waals surface area contributed by atoms with Gasteiger partial charge >= 0.3 is 0 Å². The summed E-state index contributed by atoms with van der Waals surface area (Å²) < 4.78 is 0. The summed E-state index contributed by atoms with van der Waals surface area (Å²) in [5.41, 5.74) is 4.91. The molecule has 2 aromatic carbocycles. The molecule has 41 heavy (non-hydrogen) atoms. The van der Waals surface area contributed by atoms with E-state index in [2.05, 4.69) is 62.1 Å². The van der Waals surface area contributed by atoms with E-state index in [1.165, 1.54) is 120 Å². The number of para-hydroxylation sites is 1. The number of nitro benzene ring substituents is 1. The third-order valence-corrected chi connectivity index (χ3v) is 10.0. The van der Waals surface area contributed by atoms with Crippen LogP contribution in [-0.4, -0.2) is 17.0 Å². The lowest BCUT2D eigenvalue weighted by atomic mass is 9.65. The number of non-ortho nitro benzene ring substituents is 1. The van der Waals surface area contributed by atoms with Crippen LogP contribution >= 0.6 is 0 Å². The largest absolute Gasteiger partial charge is 0.361 e. The van der Waals surface area contributed by atoms with Gasteiger partial charge in [-0.05, 0) is 29.2 Å². The fraction of sp³-hybridized carbons (Fsp3) is 0.622. The smallest absolute Gasteiger partial charge is 0.270 e. The minimum Gasteiger partial charge on any atom is -0.361 e. The van der Waals surface area contributed by atoms with Crippen LogP contribution in [0.5, 0.6) is 0 Å². The first-order valence-electron chi connectivity index (χ1n) is 16.7. The van der Waals surface area contributed by atoms with Gasteiger partial charge < -0.3 is 4.90 Å². The average molecular weight is 559 g/mol. The van der Waals surface area contributed by atoms with Crippen molar-refractivity contribution in [2.24, 2.45) is 0 Å². The average Bonchev–Trinajstić information content (AvgIpc) is 3.15. The molecule has 4 heteroatoms. The predicted octanol–water partition coefficient (Wildman–Crippen LogP) is 11.0. The molecule has 224 valence electrons. The third-order valence-electron chi connectivity index (χ3n) is 10.0. The van der Waals surface area contributed by atoms with E-state index in [0.717, 1.165) is 18.5 Å². The van der Waals surface area contributed by atoms with Gasteiger partial charge in [-0.25, -0.2) is 0 Å². The van der Waals surface area contributed by atoms with Gasteiger partial charge in [-0.15, -0.1) is 0 Å². The molecule has 1 spiro atoms. The molecule has 1 aliphatic heterocycles. The van der Waals surface area contributed by atoms with E-state index in [9.17, 15) is 10.1 Å². The van der Waals surface area contributed by atoms with Crippen molar-refractivity contribution in [2.75, 3.05) is 11.4 Å². The Labute approximate surface area is 249 Å². The molecule has 0 fully saturated rings. The maximum atomic E-state index is 11.3. The van der Waals surface area contributed by atoms with Crippen LogP contribution in [-0.2, 0) is 11.8 Å². The van der Waals surface area contributed by atoms with Gasteiger partial charge in [0.25, 0.3) is 5.69 Å². The van der Waals surface area contributed by atoms with Crippen molar-refractivity contribution >= 4 is 17.5 Å². The number of unbranched alkanes of at least 4 members (excludes halogenated alkanes) is 15. The molecule has 0 bridgehead atoms. The van der Waals surface area contributed by atoms with Crippen molar-refractivity contribution < 1.29 is 4.92 Å². The molecule has 1 unspecified atom stereocenters. The zero-order valence-electron chi connectivity index (χ0n) is 26.1. The molecular formula is C37H54N2O2. The van der Waals surface area contributed by atoms with Crippen LogP contribution in [0.25, 0.3) is 6.08 Å². The van der Waals surface area contributed by atoms with Gasteiger partial charge in [0.2, 0.25) is 0 Å². The Kier molecular flexibility index (Phi) is 11.5. The highest BCUT2D eigenvalue weighted by molar-refractivity contribution is 5.73. The highest BCUT2D eigenvalue weighted by atomic mass is 16.6. The van der Waals surface area contributed by atoms with Crippen molar-refractivity contribution in [1.82, 2.24) is 0 Å². The van der Waals surface area contributed by atoms with Crippen molar-refractivity contribution in [2.45, 2.75) is 141 Å². The highest BCUT2D eigenvalue weighted by Crippen LogP contribution is 2.55. The minimum absolute atomic E-state index is 0.0609. The lowest BCUT2D eigenvalue weighted by Gasteiger charge is -2.48. The lowest BCUT2D eigenvalue weighted by molar-refractivity contribution is -0.384. The lowest BCUT2D eigenvalue weighted by Crippen LogP contribution is -2.57. The Balaban J connectivity index is 1.22. The minimum atomic E-state index is -0.294. The number of benzene rings is 2. The number of nitrogens with zero attached hydrogens (tertiary/aromatic N) is 2. The Hall–Kier alpha value is -2.62. The van der Waals surface area contributed by atoms with Crippen LogP contribution in [0.15, 0.2) is 48.5 Å². The van der Waals surface area contributed by atoms with Crippen molar-refractivity contribution in [1.29, 1.82) is 0 Å². The van der Waals surface area contributed by atoms with Crippen LogP contribution in [0.1, 0.15) is 140 Å². The Morgan fingerprint density at radius 3 is 1.93 bits per heavy atom. The molecule has 1 heterocycles. The normalized spacial score (nSPS) is 18.6. The number of nitro groups is 1. The van der Waals surface area contributed by atoms with E-state index < -0.39 is 0 Å². The second kappa shape index (κ2) is 15.0. The number of anilines is 1. The van der Waals surface area contributed by atoms with Gasteiger partial charge in [-0.2, -0.15) is 0 Å². The van der Waals surface area contributed by atoms with Crippen LogP contribution in [0.2, 0.25) is 0 Å². The maximum absolute atomic E-state index is 11.3. The third kappa shape index (κ3) is 7.43. The van der Waals surface area contributed by atoms with E-state index in [0.29, 0.717) is 0 Å². The number of fused-ring (bicyclic) bond motifs is 2. The maximum Gasteiger partial charge on any atom is 0.270 e. The summed E-state index contributed by atoms with van der Waals surface area (Å²) in [5, 5.41) is 11.3. The number of hydrogen-bond acceptors (Lipinski definition) is 3. The first-order valence-corrected chi connectivity index (χ1v) is 16.7. The molecule has 4 rings (SSSR count). The Morgan fingerprint density at radius 2 is 1.34 bits per heavy atom. The standard InChI is InChI=1S/C37H54N2O2/c1-4-5-6-7-8-9-10-11-12-13-14-15-16-17-18-21-28-38-35-23-20-19-22-34(35)36(2,3)37(38)27-26-31-29-33(39(40)41)25-24-32(31)30-37/h19-20,22-27,29H,4-18,21,28,30H2,1-3H3. The first-order chi connectivity index (χ1) is 19.9. The first kappa shape index (κ1) is 31.3. The van der Waals surface area contributed by atoms with Gasteiger partial charge in [0.05, 0.1) is 10.5 Å². The summed E-state index contributed by atoms with van der Waals surface area (Å²) in [6.45, 7) is 8.09. The number of rotatable bonds is 18.